The van der Waals surface area contributed by atoms with Crippen LogP contribution in [0.2, 0.25) is 5.02 Å². The minimum atomic E-state index is -0.644. The molecule has 0 radical (unpaired) electrons. The summed E-state index contributed by atoms with van der Waals surface area (Å²) in [6, 6.07) is 7.22. The van der Waals surface area contributed by atoms with Crippen LogP contribution in [0.1, 0.15) is 44.3 Å². The smallest absolute Gasteiger partial charge is 0.298 e. The van der Waals surface area contributed by atoms with Gasteiger partial charge in [-0.25, -0.2) is 9.37 Å². The molecule has 6 nitrogen and oxygen atoms in total. The molecule has 0 bridgehead atoms. The minimum absolute atomic E-state index is 0.0271. The number of methoxy groups -OCH3 is 1. The van der Waals surface area contributed by atoms with E-state index >= 15 is 0 Å². The molecule has 0 unspecified atom stereocenters. The van der Waals surface area contributed by atoms with Crippen molar-refractivity contribution in [3.63, 3.8) is 0 Å². The lowest BCUT2D eigenvalue weighted by Crippen LogP contribution is -2.25. The maximum atomic E-state index is 14.4. The first-order valence-corrected chi connectivity index (χ1v) is 10.9. The number of halogens is 2. The van der Waals surface area contributed by atoms with E-state index in [1.54, 1.807) is 16.7 Å². The van der Waals surface area contributed by atoms with Crippen LogP contribution in [0.3, 0.4) is 0 Å². The maximum Gasteiger partial charge on any atom is 0.298 e. The van der Waals surface area contributed by atoms with Crippen molar-refractivity contribution in [3.05, 3.63) is 74.0 Å². The highest BCUT2D eigenvalue weighted by molar-refractivity contribution is 7.09. The number of carbonyl (C=O) groups is 2. The van der Waals surface area contributed by atoms with E-state index in [1.807, 2.05) is 0 Å². The van der Waals surface area contributed by atoms with Gasteiger partial charge in [-0.2, -0.15) is 4.99 Å². The topological polar surface area (TPSA) is 73.6 Å². The number of benzene rings is 1. The number of nitrogens with zero attached hydrogens (tertiary/aromatic N) is 3. The molecule has 0 fully saturated rings. The first kappa shape index (κ1) is 21.4. The molecule has 9 heteroatoms. The summed E-state index contributed by atoms with van der Waals surface area (Å²) in [7, 11) is 1.43. The molecule has 2 heterocycles. The van der Waals surface area contributed by atoms with E-state index in [4.69, 9.17) is 16.3 Å². The predicted octanol–water partition coefficient (Wildman–Crippen LogP) is 4.25. The number of rotatable bonds is 5. The van der Waals surface area contributed by atoms with Crippen LogP contribution in [0.25, 0.3) is 0 Å². The van der Waals surface area contributed by atoms with Gasteiger partial charge in [0.15, 0.2) is 10.6 Å². The van der Waals surface area contributed by atoms with Gasteiger partial charge >= 0.3 is 0 Å². The third-order valence-corrected chi connectivity index (χ3v) is 6.49. The third kappa shape index (κ3) is 4.60. The Hall–Kier alpha value is -2.84. The van der Waals surface area contributed by atoms with Gasteiger partial charge in [0.2, 0.25) is 0 Å². The van der Waals surface area contributed by atoms with Crippen molar-refractivity contribution in [2.24, 2.45) is 4.99 Å². The number of hydrogen-bond acceptors (Lipinski definition) is 5. The molecule has 0 aliphatic heterocycles. The van der Waals surface area contributed by atoms with Gasteiger partial charge in [-0.15, -0.1) is 11.3 Å². The Kier molecular flexibility index (Phi) is 6.29. The minimum Gasteiger partial charge on any atom is -0.497 e. The summed E-state index contributed by atoms with van der Waals surface area (Å²) in [6.07, 6.45) is 5.07. The Bertz CT molecular complexity index is 1220. The van der Waals surface area contributed by atoms with Crippen LogP contribution in [0, 0.1) is 5.82 Å². The van der Waals surface area contributed by atoms with Gasteiger partial charge in [0.1, 0.15) is 17.3 Å². The van der Waals surface area contributed by atoms with Crippen LogP contribution in [-0.4, -0.2) is 28.4 Å². The number of aromatic nitrogens is 2. The summed E-state index contributed by atoms with van der Waals surface area (Å²) in [5, 5.41) is 0.422. The number of fused-ring (bicyclic) bond motifs is 1. The van der Waals surface area contributed by atoms with Crippen molar-refractivity contribution in [2.45, 2.75) is 32.2 Å². The average Bonchev–Trinajstić information content (AvgIpc) is 3.10. The summed E-state index contributed by atoms with van der Waals surface area (Å²) in [5.74, 6) is -1.22. The third-order valence-electron chi connectivity index (χ3n) is 5.08. The number of ketones is 1. The molecule has 4 rings (SSSR count). The first-order valence-electron chi connectivity index (χ1n) is 9.75. The molecule has 0 spiro atoms. The summed E-state index contributed by atoms with van der Waals surface area (Å²) in [5.41, 5.74) is 1.12. The van der Waals surface area contributed by atoms with E-state index in [0.717, 1.165) is 36.3 Å². The second kappa shape index (κ2) is 9.11. The molecule has 0 atom stereocenters. The number of aryl methyl sites for hydroxylation is 1. The number of hydrogen-bond donors (Lipinski definition) is 0. The van der Waals surface area contributed by atoms with E-state index in [2.05, 4.69) is 9.98 Å². The first-order chi connectivity index (χ1) is 15.0. The molecule has 0 N–H and O–H groups in total. The lowest BCUT2D eigenvalue weighted by molar-refractivity contribution is 0.0957. The van der Waals surface area contributed by atoms with Crippen molar-refractivity contribution in [2.75, 3.05) is 7.11 Å². The van der Waals surface area contributed by atoms with E-state index in [9.17, 15) is 14.0 Å². The molecular formula is C22H19ClFN3O3S. The quantitative estimate of drug-likeness (QED) is 0.535. The monoisotopic (exact) mass is 459 g/mol. The molecule has 1 aliphatic carbocycles. The SMILES string of the molecule is COc1ccc(C(=O)Cn2c3c(sc2=NC(=O)c2ccc(Cl)cn2)CCCC3)c(F)c1. The zero-order chi connectivity index (χ0) is 22.0. The summed E-state index contributed by atoms with van der Waals surface area (Å²) >= 11 is 7.23. The molecule has 0 saturated carbocycles. The van der Waals surface area contributed by atoms with Crippen LogP contribution in [0.4, 0.5) is 4.39 Å². The van der Waals surface area contributed by atoms with Crippen LogP contribution in [0.5, 0.6) is 5.75 Å². The van der Waals surface area contributed by atoms with Gasteiger partial charge < -0.3 is 9.30 Å². The highest BCUT2D eigenvalue weighted by Gasteiger charge is 2.21. The number of carbonyl (C=O) groups excluding carboxylic acids is 2. The van der Waals surface area contributed by atoms with Crippen molar-refractivity contribution in [1.82, 2.24) is 9.55 Å². The molecule has 160 valence electrons. The Balaban J connectivity index is 1.71. The largest absolute Gasteiger partial charge is 0.497 e. The van der Waals surface area contributed by atoms with E-state index in [0.29, 0.717) is 15.6 Å². The molecule has 3 aromatic rings. The van der Waals surface area contributed by atoms with E-state index in [-0.39, 0.29) is 17.8 Å². The lowest BCUT2D eigenvalue weighted by Gasteiger charge is -2.14. The number of ether oxygens (including phenoxy) is 1. The van der Waals surface area contributed by atoms with Crippen LogP contribution >= 0.6 is 22.9 Å². The summed E-state index contributed by atoms with van der Waals surface area (Å²) in [4.78, 5) is 35.3. The molecular weight excluding hydrogens is 441 g/mol. The number of amides is 1. The molecule has 1 aromatic carbocycles. The van der Waals surface area contributed by atoms with Crippen LogP contribution in [-0.2, 0) is 19.4 Å². The zero-order valence-electron chi connectivity index (χ0n) is 16.7. The van der Waals surface area contributed by atoms with Gasteiger partial charge in [-0.05, 0) is 49.9 Å². The van der Waals surface area contributed by atoms with Crippen molar-refractivity contribution >= 4 is 34.6 Å². The summed E-state index contributed by atoms with van der Waals surface area (Å²) in [6.45, 7) is -0.102. The Morgan fingerprint density at radius 3 is 2.77 bits per heavy atom. The normalized spacial score (nSPS) is 13.7. The highest BCUT2D eigenvalue weighted by Crippen LogP contribution is 2.24. The fourth-order valence-electron chi connectivity index (χ4n) is 3.51. The Morgan fingerprint density at radius 2 is 2.06 bits per heavy atom. The number of pyridine rings is 1. The van der Waals surface area contributed by atoms with Gasteiger partial charge in [-0.3, -0.25) is 9.59 Å². The van der Waals surface area contributed by atoms with Gasteiger partial charge in [0, 0.05) is 22.8 Å². The fraction of sp³-hybridized carbons (Fsp3) is 0.273. The maximum absolute atomic E-state index is 14.4. The Labute approximate surface area is 187 Å². The molecule has 0 saturated heterocycles. The number of thiazole rings is 1. The van der Waals surface area contributed by atoms with Crippen molar-refractivity contribution < 1.29 is 18.7 Å². The van der Waals surface area contributed by atoms with Crippen LogP contribution in [0.15, 0.2) is 41.5 Å². The van der Waals surface area contributed by atoms with Gasteiger partial charge in [0.05, 0.1) is 24.2 Å². The predicted molar refractivity (Wildman–Crippen MR) is 115 cm³/mol. The van der Waals surface area contributed by atoms with E-state index < -0.39 is 17.5 Å². The second-order valence-electron chi connectivity index (χ2n) is 7.10. The fourth-order valence-corrected chi connectivity index (χ4v) is 4.83. The zero-order valence-corrected chi connectivity index (χ0v) is 18.3. The van der Waals surface area contributed by atoms with Crippen molar-refractivity contribution in [1.29, 1.82) is 0 Å². The van der Waals surface area contributed by atoms with Gasteiger partial charge in [0.25, 0.3) is 5.91 Å². The summed E-state index contributed by atoms with van der Waals surface area (Å²) < 4.78 is 21.2. The number of Topliss-reactive ketones (excluding diaryl/α,β-unsaturated/α-hetero) is 1. The molecule has 1 aliphatic rings. The molecule has 31 heavy (non-hydrogen) atoms. The molecule has 1 amide bonds. The van der Waals surface area contributed by atoms with E-state index in [1.165, 1.54) is 42.8 Å². The second-order valence-corrected chi connectivity index (χ2v) is 8.59. The van der Waals surface area contributed by atoms with Crippen molar-refractivity contribution in [3.8, 4) is 5.75 Å². The van der Waals surface area contributed by atoms with Gasteiger partial charge in [-0.1, -0.05) is 11.6 Å². The Morgan fingerprint density at radius 1 is 1.26 bits per heavy atom. The highest BCUT2D eigenvalue weighted by atomic mass is 35.5. The average molecular weight is 460 g/mol. The standard InChI is InChI=1S/C22H19ClFN3O3S/c1-30-14-7-8-15(16(24)10-14)19(28)12-27-18-4-2-3-5-20(18)31-22(27)26-21(29)17-9-6-13(23)11-25-17/h6-11H,2-5,12H2,1H3. The lowest BCUT2D eigenvalue weighted by atomic mass is 10.0. The molecule has 2 aromatic heterocycles. The van der Waals surface area contributed by atoms with Crippen LogP contribution < -0.4 is 9.54 Å².